The monoisotopic (exact) mass is 393 g/mol. The van der Waals surface area contributed by atoms with E-state index in [1.165, 1.54) is 0 Å². The van der Waals surface area contributed by atoms with Crippen molar-refractivity contribution < 1.29 is 9.90 Å². The highest BCUT2D eigenvalue weighted by atomic mass is 79.9. The minimum Gasteiger partial charge on any atom is -0.480 e. The molecule has 0 aromatic heterocycles. The molecule has 0 radical (unpaired) electrons. The Balaban J connectivity index is 2.08. The molecule has 2 aromatic carbocycles. The largest absolute Gasteiger partial charge is 0.480 e. The van der Waals surface area contributed by atoms with E-state index < -0.39 is 12.0 Å². The SMILES string of the molecule is O=C(O)C1CCCN1C(c1ccc(Br)cc1)c1ccccc1Cl. The second-order valence-electron chi connectivity index (χ2n) is 5.71. The summed E-state index contributed by atoms with van der Waals surface area (Å²) >= 11 is 9.87. The minimum absolute atomic E-state index is 0.152. The van der Waals surface area contributed by atoms with Crippen molar-refractivity contribution in [3.05, 3.63) is 69.2 Å². The summed E-state index contributed by atoms with van der Waals surface area (Å²) in [7, 11) is 0. The molecular weight excluding hydrogens is 378 g/mol. The number of aliphatic carboxylic acids is 1. The van der Waals surface area contributed by atoms with Crippen molar-refractivity contribution in [3.63, 3.8) is 0 Å². The summed E-state index contributed by atoms with van der Waals surface area (Å²) in [6.07, 6.45) is 1.56. The van der Waals surface area contributed by atoms with Gasteiger partial charge in [0.15, 0.2) is 0 Å². The Hall–Kier alpha value is -1.36. The summed E-state index contributed by atoms with van der Waals surface area (Å²) in [6.45, 7) is 0.753. The van der Waals surface area contributed by atoms with E-state index >= 15 is 0 Å². The molecule has 0 bridgehead atoms. The molecule has 1 aliphatic heterocycles. The van der Waals surface area contributed by atoms with Crippen LogP contribution in [0.5, 0.6) is 0 Å². The van der Waals surface area contributed by atoms with Gasteiger partial charge in [0.1, 0.15) is 6.04 Å². The van der Waals surface area contributed by atoms with Gasteiger partial charge in [0, 0.05) is 16.0 Å². The van der Waals surface area contributed by atoms with E-state index in [4.69, 9.17) is 11.6 Å². The summed E-state index contributed by atoms with van der Waals surface area (Å²) in [6, 6.07) is 15.0. The number of carbonyl (C=O) groups is 1. The second kappa shape index (κ2) is 7.04. The summed E-state index contributed by atoms with van der Waals surface area (Å²) in [5.41, 5.74) is 2.00. The van der Waals surface area contributed by atoms with Crippen molar-refractivity contribution >= 4 is 33.5 Å². The molecular formula is C18H17BrClNO2. The van der Waals surface area contributed by atoms with E-state index in [0.717, 1.165) is 28.6 Å². The lowest BCUT2D eigenvalue weighted by molar-refractivity contribution is -0.142. The predicted molar refractivity (Wildman–Crippen MR) is 94.8 cm³/mol. The van der Waals surface area contributed by atoms with E-state index in [0.29, 0.717) is 11.4 Å². The van der Waals surface area contributed by atoms with Crippen LogP contribution in [0.1, 0.15) is 30.0 Å². The van der Waals surface area contributed by atoms with Crippen molar-refractivity contribution in [2.75, 3.05) is 6.54 Å². The van der Waals surface area contributed by atoms with Gasteiger partial charge in [-0.05, 0) is 42.2 Å². The van der Waals surface area contributed by atoms with E-state index in [-0.39, 0.29) is 6.04 Å². The molecule has 1 fully saturated rings. The van der Waals surface area contributed by atoms with Crippen LogP contribution in [0.25, 0.3) is 0 Å². The van der Waals surface area contributed by atoms with Gasteiger partial charge in [0.05, 0.1) is 6.04 Å². The molecule has 5 heteroatoms. The van der Waals surface area contributed by atoms with Crippen LogP contribution < -0.4 is 0 Å². The fourth-order valence-corrected chi connectivity index (χ4v) is 3.76. The van der Waals surface area contributed by atoms with Gasteiger partial charge in [-0.2, -0.15) is 0 Å². The lowest BCUT2D eigenvalue weighted by Gasteiger charge is -2.32. The molecule has 0 aliphatic carbocycles. The zero-order valence-electron chi connectivity index (χ0n) is 12.5. The third kappa shape index (κ3) is 3.44. The van der Waals surface area contributed by atoms with Crippen LogP contribution in [0, 0.1) is 0 Å². The third-order valence-electron chi connectivity index (χ3n) is 4.30. The van der Waals surface area contributed by atoms with Crippen molar-refractivity contribution in [1.29, 1.82) is 0 Å². The van der Waals surface area contributed by atoms with E-state index in [1.807, 2.05) is 53.4 Å². The molecule has 1 N–H and O–H groups in total. The molecule has 1 heterocycles. The second-order valence-corrected chi connectivity index (χ2v) is 7.03. The summed E-state index contributed by atoms with van der Waals surface area (Å²) in [5.74, 6) is -0.767. The van der Waals surface area contributed by atoms with Crippen LogP contribution in [0.3, 0.4) is 0 Å². The number of rotatable bonds is 4. The fourth-order valence-electron chi connectivity index (χ4n) is 3.25. The van der Waals surface area contributed by atoms with Gasteiger partial charge >= 0.3 is 5.97 Å². The minimum atomic E-state index is -0.767. The Labute approximate surface area is 149 Å². The molecule has 120 valence electrons. The molecule has 3 rings (SSSR count). The van der Waals surface area contributed by atoms with E-state index in [2.05, 4.69) is 15.9 Å². The zero-order valence-corrected chi connectivity index (χ0v) is 14.8. The summed E-state index contributed by atoms with van der Waals surface area (Å²) in [5, 5.41) is 10.2. The molecule has 2 aromatic rings. The quantitative estimate of drug-likeness (QED) is 0.814. The number of hydrogen-bond acceptors (Lipinski definition) is 2. The lowest BCUT2D eigenvalue weighted by Crippen LogP contribution is -2.39. The molecule has 0 saturated carbocycles. The van der Waals surface area contributed by atoms with E-state index in [1.54, 1.807) is 0 Å². The van der Waals surface area contributed by atoms with Gasteiger partial charge in [-0.1, -0.05) is 57.9 Å². The predicted octanol–water partition coefficient (Wildman–Crippen LogP) is 4.74. The molecule has 2 unspecified atom stereocenters. The van der Waals surface area contributed by atoms with Gasteiger partial charge in [-0.15, -0.1) is 0 Å². The van der Waals surface area contributed by atoms with Crippen molar-refractivity contribution in [2.24, 2.45) is 0 Å². The van der Waals surface area contributed by atoms with Crippen LogP contribution in [0.2, 0.25) is 5.02 Å². The number of carboxylic acids is 1. The van der Waals surface area contributed by atoms with Crippen LogP contribution in [0.4, 0.5) is 0 Å². The lowest BCUT2D eigenvalue weighted by atomic mass is 9.96. The number of benzene rings is 2. The number of carboxylic acid groups (broad SMARTS) is 1. The molecule has 1 saturated heterocycles. The highest BCUT2D eigenvalue weighted by Gasteiger charge is 2.37. The number of likely N-dealkylation sites (tertiary alicyclic amines) is 1. The van der Waals surface area contributed by atoms with Gasteiger partial charge in [0.2, 0.25) is 0 Å². The Kier molecular flexibility index (Phi) is 5.05. The molecule has 3 nitrogen and oxygen atoms in total. The van der Waals surface area contributed by atoms with Gasteiger partial charge in [-0.3, -0.25) is 9.69 Å². The van der Waals surface area contributed by atoms with Crippen molar-refractivity contribution in [2.45, 2.75) is 24.9 Å². The normalized spacial score (nSPS) is 19.7. The highest BCUT2D eigenvalue weighted by molar-refractivity contribution is 9.10. The van der Waals surface area contributed by atoms with Crippen molar-refractivity contribution in [3.8, 4) is 0 Å². The van der Waals surface area contributed by atoms with Crippen molar-refractivity contribution in [1.82, 2.24) is 4.90 Å². The van der Waals surface area contributed by atoms with Gasteiger partial charge in [-0.25, -0.2) is 0 Å². The first kappa shape index (κ1) is 16.5. The van der Waals surface area contributed by atoms with Crippen LogP contribution in [0.15, 0.2) is 53.0 Å². The average molecular weight is 395 g/mol. The summed E-state index contributed by atoms with van der Waals surface area (Å²) in [4.78, 5) is 13.7. The maximum atomic E-state index is 11.6. The third-order valence-corrected chi connectivity index (χ3v) is 5.17. The Morgan fingerprint density at radius 3 is 2.57 bits per heavy atom. The Morgan fingerprint density at radius 2 is 1.91 bits per heavy atom. The van der Waals surface area contributed by atoms with Gasteiger partial charge in [0.25, 0.3) is 0 Å². The smallest absolute Gasteiger partial charge is 0.320 e. The first-order chi connectivity index (χ1) is 11.1. The maximum absolute atomic E-state index is 11.6. The Morgan fingerprint density at radius 1 is 1.22 bits per heavy atom. The molecule has 23 heavy (non-hydrogen) atoms. The summed E-state index contributed by atoms with van der Waals surface area (Å²) < 4.78 is 0.996. The molecule has 0 spiro atoms. The van der Waals surface area contributed by atoms with Crippen LogP contribution in [-0.4, -0.2) is 28.6 Å². The van der Waals surface area contributed by atoms with Crippen LogP contribution in [-0.2, 0) is 4.79 Å². The average Bonchev–Trinajstić information content (AvgIpc) is 3.01. The first-order valence-electron chi connectivity index (χ1n) is 7.56. The topological polar surface area (TPSA) is 40.5 Å². The number of hydrogen-bond donors (Lipinski definition) is 1. The number of nitrogens with zero attached hydrogens (tertiary/aromatic N) is 1. The Bertz CT molecular complexity index is 704. The molecule has 0 amide bonds. The zero-order chi connectivity index (χ0) is 16.4. The maximum Gasteiger partial charge on any atom is 0.320 e. The standard InChI is InChI=1S/C18H17BrClNO2/c19-13-9-7-12(8-10-13)17(14-4-1-2-5-15(14)20)21-11-3-6-16(21)18(22)23/h1-2,4-5,7-10,16-17H,3,6,11H2,(H,22,23). The fraction of sp³-hybridized carbons (Fsp3) is 0.278. The molecule has 1 aliphatic rings. The molecule has 2 atom stereocenters. The van der Waals surface area contributed by atoms with Crippen LogP contribution >= 0.6 is 27.5 Å². The first-order valence-corrected chi connectivity index (χ1v) is 8.73. The highest BCUT2D eigenvalue weighted by Crippen LogP contribution is 2.38. The van der Waals surface area contributed by atoms with Gasteiger partial charge < -0.3 is 5.11 Å². The number of halogens is 2. The van der Waals surface area contributed by atoms with E-state index in [9.17, 15) is 9.90 Å².